The lowest BCUT2D eigenvalue weighted by molar-refractivity contribution is -0.136. The van der Waals surface area contributed by atoms with Crippen molar-refractivity contribution < 1.29 is 33.0 Å². The largest absolute Gasteiger partial charge is 0.493 e. The van der Waals surface area contributed by atoms with E-state index in [0.717, 1.165) is 4.90 Å². The van der Waals surface area contributed by atoms with Gasteiger partial charge in [0.05, 0.1) is 25.8 Å². The van der Waals surface area contributed by atoms with Gasteiger partial charge in [-0.05, 0) is 48.4 Å². The van der Waals surface area contributed by atoms with E-state index in [0.29, 0.717) is 29.7 Å². The van der Waals surface area contributed by atoms with Crippen LogP contribution in [0.4, 0.5) is 10.1 Å². The van der Waals surface area contributed by atoms with E-state index in [-0.39, 0.29) is 12.1 Å². The molecule has 1 N–H and O–H groups in total. The Morgan fingerprint density at radius 2 is 1.75 bits per heavy atom. The van der Waals surface area contributed by atoms with Crippen LogP contribution in [0.1, 0.15) is 24.2 Å². The molecule has 0 aliphatic rings. The van der Waals surface area contributed by atoms with Crippen LogP contribution < -0.4 is 14.8 Å². The number of nitrogens with zero attached hydrogens (tertiary/aromatic N) is 1. The minimum atomic E-state index is -0.712. The van der Waals surface area contributed by atoms with Gasteiger partial charge in [0.1, 0.15) is 5.82 Å². The van der Waals surface area contributed by atoms with Gasteiger partial charge in [-0.3, -0.25) is 9.59 Å². The van der Waals surface area contributed by atoms with Crippen LogP contribution in [0, 0.1) is 11.7 Å². The van der Waals surface area contributed by atoms with E-state index < -0.39 is 30.2 Å². The minimum Gasteiger partial charge on any atom is -0.493 e. The molecule has 0 saturated heterocycles. The van der Waals surface area contributed by atoms with Crippen molar-refractivity contribution in [2.75, 3.05) is 39.2 Å². The van der Waals surface area contributed by atoms with Gasteiger partial charge in [0.25, 0.3) is 5.91 Å². The molecule has 8 nitrogen and oxygen atoms in total. The number of hydrogen-bond donors (Lipinski definition) is 1. The monoisotopic (exact) mass is 446 g/mol. The lowest BCUT2D eigenvalue weighted by Gasteiger charge is -2.17. The number of ether oxygens (including phenoxy) is 3. The van der Waals surface area contributed by atoms with E-state index in [1.807, 2.05) is 13.8 Å². The molecule has 0 unspecified atom stereocenters. The molecule has 0 aliphatic carbocycles. The summed E-state index contributed by atoms with van der Waals surface area (Å²) in [5, 5.41) is 2.55. The van der Waals surface area contributed by atoms with Gasteiger partial charge in [-0.2, -0.15) is 0 Å². The Labute approximate surface area is 186 Å². The van der Waals surface area contributed by atoms with Crippen molar-refractivity contribution >= 4 is 23.5 Å². The van der Waals surface area contributed by atoms with E-state index in [1.165, 1.54) is 50.6 Å². The number of amides is 2. The van der Waals surface area contributed by atoms with Crippen molar-refractivity contribution in [3.05, 3.63) is 53.8 Å². The highest BCUT2D eigenvalue weighted by atomic mass is 19.1. The zero-order chi connectivity index (χ0) is 23.7. The third-order valence-electron chi connectivity index (χ3n) is 4.23. The average Bonchev–Trinajstić information content (AvgIpc) is 2.76. The van der Waals surface area contributed by atoms with Crippen molar-refractivity contribution in [2.45, 2.75) is 13.8 Å². The lowest BCUT2D eigenvalue weighted by Crippen LogP contribution is -2.37. The van der Waals surface area contributed by atoms with E-state index in [2.05, 4.69) is 5.32 Å². The molecule has 0 spiro atoms. The standard InChI is InChI=1S/C23H27FN2O6/c1-15(2)13-31-19-10-5-16(11-20(19)30-4)23(29)32-14-22(28)26(3)12-21(27)25-18-8-6-17(24)7-9-18/h5-11,15H,12-14H2,1-4H3,(H,25,27). The molecule has 0 saturated carbocycles. The first-order chi connectivity index (χ1) is 15.2. The molecule has 2 aromatic carbocycles. The van der Waals surface area contributed by atoms with Gasteiger partial charge in [-0.25, -0.2) is 9.18 Å². The number of carbonyl (C=O) groups excluding carboxylic acids is 3. The molecule has 2 amide bonds. The number of halogens is 1. The summed E-state index contributed by atoms with van der Waals surface area (Å²) in [5.41, 5.74) is 0.599. The van der Waals surface area contributed by atoms with Crippen LogP contribution in [0.2, 0.25) is 0 Å². The smallest absolute Gasteiger partial charge is 0.338 e. The van der Waals surface area contributed by atoms with Gasteiger partial charge in [0, 0.05) is 12.7 Å². The van der Waals surface area contributed by atoms with Crippen LogP contribution in [0.15, 0.2) is 42.5 Å². The third-order valence-corrected chi connectivity index (χ3v) is 4.23. The second kappa shape index (κ2) is 11.7. The SMILES string of the molecule is COc1cc(C(=O)OCC(=O)N(C)CC(=O)Nc2ccc(F)cc2)ccc1OCC(C)C. The first-order valence-corrected chi connectivity index (χ1v) is 9.97. The second-order valence-electron chi connectivity index (χ2n) is 7.45. The van der Waals surface area contributed by atoms with Crippen molar-refractivity contribution in [1.29, 1.82) is 0 Å². The highest BCUT2D eigenvalue weighted by Gasteiger charge is 2.18. The van der Waals surface area contributed by atoms with Gasteiger partial charge in [-0.15, -0.1) is 0 Å². The Morgan fingerprint density at radius 3 is 2.38 bits per heavy atom. The Kier molecular flexibility index (Phi) is 9.00. The predicted molar refractivity (Wildman–Crippen MR) is 116 cm³/mol. The normalized spacial score (nSPS) is 10.4. The maximum absolute atomic E-state index is 12.9. The zero-order valence-corrected chi connectivity index (χ0v) is 18.5. The van der Waals surface area contributed by atoms with Crippen molar-refractivity contribution in [1.82, 2.24) is 4.90 Å². The highest BCUT2D eigenvalue weighted by Crippen LogP contribution is 2.28. The fourth-order valence-electron chi connectivity index (χ4n) is 2.53. The summed E-state index contributed by atoms with van der Waals surface area (Å²) < 4.78 is 28.9. The van der Waals surface area contributed by atoms with Crippen LogP contribution in [0.25, 0.3) is 0 Å². The molecule has 0 aromatic heterocycles. The van der Waals surface area contributed by atoms with Crippen molar-refractivity contribution in [3.63, 3.8) is 0 Å². The van der Waals surface area contributed by atoms with Crippen LogP contribution in [0.3, 0.4) is 0 Å². The van der Waals surface area contributed by atoms with Crippen LogP contribution in [-0.2, 0) is 14.3 Å². The molecular weight excluding hydrogens is 419 g/mol. The summed E-state index contributed by atoms with van der Waals surface area (Å²) in [7, 11) is 2.87. The number of rotatable bonds is 10. The Balaban J connectivity index is 1.86. The summed E-state index contributed by atoms with van der Waals surface area (Å²) in [6.07, 6.45) is 0. The first kappa shape index (κ1) is 24.6. The molecule has 0 aliphatic heterocycles. The number of benzene rings is 2. The molecule has 0 bridgehead atoms. The fraction of sp³-hybridized carbons (Fsp3) is 0.348. The molecule has 0 radical (unpaired) electrons. The summed E-state index contributed by atoms with van der Waals surface area (Å²) in [6.45, 7) is 3.73. The van der Waals surface area contributed by atoms with Gasteiger partial charge in [0.15, 0.2) is 18.1 Å². The van der Waals surface area contributed by atoms with E-state index >= 15 is 0 Å². The van der Waals surface area contributed by atoms with Crippen molar-refractivity contribution in [2.24, 2.45) is 5.92 Å². The van der Waals surface area contributed by atoms with Crippen LogP contribution in [0.5, 0.6) is 11.5 Å². The average molecular weight is 446 g/mol. The number of methoxy groups -OCH3 is 1. The number of carbonyl (C=O) groups is 3. The highest BCUT2D eigenvalue weighted by molar-refractivity contribution is 5.95. The maximum Gasteiger partial charge on any atom is 0.338 e. The molecule has 0 fully saturated rings. The second-order valence-corrected chi connectivity index (χ2v) is 7.45. The first-order valence-electron chi connectivity index (χ1n) is 9.97. The molecule has 9 heteroatoms. The van der Waals surface area contributed by atoms with E-state index in [1.54, 1.807) is 6.07 Å². The molecular formula is C23H27FN2O6. The zero-order valence-electron chi connectivity index (χ0n) is 18.5. The van der Waals surface area contributed by atoms with Gasteiger partial charge in [-0.1, -0.05) is 13.8 Å². The number of anilines is 1. The fourth-order valence-corrected chi connectivity index (χ4v) is 2.53. The Morgan fingerprint density at radius 1 is 1.06 bits per heavy atom. The van der Waals surface area contributed by atoms with E-state index in [4.69, 9.17) is 14.2 Å². The van der Waals surface area contributed by atoms with Crippen LogP contribution >= 0.6 is 0 Å². The molecule has 2 aromatic rings. The topological polar surface area (TPSA) is 94.2 Å². The number of esters is 1. The number of likely N-dealkylation sites (N-methyl/N-ethyl adjacent to an activating group) is 1. The lowest BCUT2D eigenvalue weighted by atomic mass is 10.2. The number of hydrogen-bond acceptors (Lipinski definition) is 6. The summed E-state index contributed by atoms with van der Waals surface area (Å²) in [4.78, 5) is 37.7. The Hall–Kier alpha value is -3.62. The van der Waals surface area contributed by atoms with Gasteiger partial charge in [0.2, 0.25) is 5.91 Å². The van der Waals surface area contributed by atoms with Crippen molar-refractivity contribution in [3.8, 4) is 11.5 Å². The Bertz CT molecular complexity index is 946. The minimum absolute atomic E-state index is 0.197. The van der Waals surface area contributed by atoms with Gasteiger partial charge >= 0.3 is 5.97 Å². The number of nitrogens with one attached hydrogen (secondary N) is 1. The van der Waals surface area contributed by atoms with Gasteiger partial charge < -0.3 is 24.4 Å². The predicted octanol–water partition coefficient (Wildman–Crippen LogP) is 3.12. The van der Waals surface area contributed by atoms with E-state index in [9.17, 15) is 18.8 Å². The quantitative estimate of drug-likeness (QED) is 0.564. The summed E-state index contributed by atoms with van der Waals surface area (Å²) >= 11 is 0. The molecule has 32 heavy (non-hydrogen) atoms. The molecule has 0 heterocycles. The third kappa shape index (κ3) is 7.57. The molecule has 172 valence electrons. The molecule has 2 rings (SSSR count). The maximum atomic E-state index is 12.9. The summed E-state index contributed by atoms with van der Waals surface area (Å²) in [6, 6.07) is 9.83. The summed E-state index contributed by atoms with van der Waals surface area (Å²) in [5.74, 6) is -0.965. The van der Waals surface area contributed by atoms with Crippen LogP contribution in [-0.4, -0.2) is 56.6 Å². The molecule has 0 atom stereocenters.